The summed E-state index contributed by atoms with van der Waals surface area (Å²) in [6.45, 7) is 1.89. The van der Waals surface area contributed by atoms with Gasteiger partial charge in [0.1, 0.15) is 0 Å². The Hall–Kier alpha value is -0.380. The molecule has 2 nitrogen and oxygen atoms in total. The van der Waals surface area contributed by atoms with E-state index in [1.807, 2.05) is 7.05 Å². The molecular formula is C14H22BrNO. The molecule has 17 heavy (non-hydrogen) atoms. The van der Waals surface area contributed by atoms with Crippen LogP contribution in [0.3, 0.4) is 0 Å². The minimum Gasteiger partial charge on any atom is -0.385 e. The van der Waals surface area contributed by atoms with Gasteiger partial charge < -0.3 is 10.1 Å². The number of ether oxygens (including phenoxy) is 1. The SMILES string of the molecule is CNCC(CCCCOC)c1ccccc1Br. The molecule has 0 aliphatic carbocycles. The van der Waals surface area contributed by atoms with Crippen molar-refractivity contribution in [2.24, 2.45) is 0 Å². The molecule has 1 unspecified atom stereocenters. The van der Waals surface area contributed by atoms with Crippen LogP contribution >= 0.6 is 15.9 Å². The highest BCUT2D eigenvalue weighted by atomic mass is 79.9. The number of methoxy groups -OCH3 is 1. The lowest BCUT2D eigenvalue weighted by Gasteiger charge is -2.18. The predicted octanol–water partition coefficient (Wildman–Crippen LogP) is 3.57. The largest absolute Gasteiger partial charge is 0.385 e. The van der Waals surface area contributed by atoms with Crippen LogP contribution in [0.15, 0.2) is 28.7 Å². The summed E-state index contributed by atoms with van der Waals surface area (Å²) in [4.78, 5) is 0. The molecule has 3 heteroatoms. The van der Waals surface area contributed by atoms with Gasteiger partial charge in [-0.15, -0.1) is 0 Å². The third kappa shape index (κ3) is 5.19. The van der Waals surface area contributed by atoms with Gasteiger partial charge in [-0.05, 0) is 37.4 Å². The van der Waals surface area contributed by atoms with Crippen LogP contribution in [0.2, 0.25) is 0 Å². The molecule has 96 valence electrons. The van der Waals surface area contributed by atoms with Crippen LogP contribution in [-0.4, -0.2) is 27.3 Å². The third-order valence-electron chi connectivity index (χ3n) is 2.95. The maximum Gasteiger partial charge on any atom is 0.0462 e. The Balaban J connectivity index is 2.56. The van der Waals surface area contributed by atoms with Crippen molar-refractivity contribution in [2.45, 2.75) is 25.2 Å². The van der Waals surface area contributed by atoms with Crippen molar-refractivity contribution in [1.29, 1.82) is 0 Å². The van der Waals surface area contributed by atoms with Crippen LogP contribution < -0.4 is 5.32 Å². The van der Waals surface area contributed by atoms with Gasteiger partial charge >= 0.3 is 0 Å². The van der Waals surface area contributed by atoms with Gasteiger partial charge in [-0.2, -0.15) is 0 Å². The van der Waals surface area contributed by atoms with Gasteiger partial charge in [0.2, 0.25) is 0 Å². The zero-order chi connectivity index (χ0) is 12.5. The van der Waals surface area contributed by atoms with E-state index in [-0.39, 0.29) is 0 Å². The first kappa shape index (κ1) is 14.7. The zero-order valence-corrected chi connectivity index (χ0v) is 12.3. The van der Waals surface area contributed by atoms with Crippen LogP contribution in [0.5, 0.6) is 0 Å². The zero-order valence-electron chi connectivity index (χ0n) is 10.7. The molecular weight excluding hydrogens is 278 g/mol. The van der Waals surface area contributed by atoms with E-state index in [4.69, 9.17) is 4.74 Å². The van der Waals surface area contributed by atoms with Gasteiger partial charge in [-0.3, -0.25) is 0 Å². The van der Waals surface area contributed by atoms with E-state index in [0.29, 0.717) is 5.92 Å². The van der Waals surface area contributed by atoms with Crippen LogP contribution in [0, 0.1) is 0 Å². The summed E-state index contributed by atoms with van der Waals surface area (Å²) in [5.41, 5.74) is 1.40. The van der Waals surface area contributed by atoms with E-state index in [1.54, 1.807) is 7.11 Å². The number of benzene rings is 1. The van der Waals surface area contributed by atoms with E-state index in [1.165, 1.54) is 22.9 Å². The molecule has 0 aliphatic rings. The van der Waals surface area contributed by atoms with Crippen LogP contribution in [-0.2, 0) is 4.74 Å². The second kappa shape index (κ2) is 8.67. The fourth-order valence-electron chi connectivity index (χ4n) is 2.06. The molecule has 0 heterocycles. The number of unbranched alkanes of at least 4 members (excludes halogenated alkanes) is 1. The van der Waals surface area contributed by atoms with Gasteiger partial charge in [0.15, 0.2) is 0 Å². The van der Waals surface area contributed by atoms with Gasteiger partial charge in [-0.25, -0.2) is 0 Å². The fourth-order valence-corrected chi connectivity index (χ4v) is 2.67. The Bertz CT molecular complexity index is 317. The highest BCUT2D eigenvalue weighted by Gasteiger charge is 2.12. The summed E-state index contributed by atoms with van der Waals surface area (Å²) in [5.74, 6) is 0.576. The number of rotatable bonds is 8. The summed E-state index contributed by atoms with van der Waals surface area (Å²) in [6, 6.07) is 8.50. The molecule has 0 spiro atoms. The predicted molar refractivity (Wildman–Crippen MR) is 76.5 cm³/mol. The molecule has 0 saturated carbocycles. The lowest BCUT2D eigenvalue weighted by Crippen LogP contribution is -2.17. The molecule has 0 saturated heterocycles. The van der Waals surface area contributed by atoms with E-state index >= 15 is 0 Å². The van der Waals surface area contributed by atoms with E-state index < -0.39 is 0 Å². The fraction of sp³-hybridized carbons (Fsp3) is 0.571. The molecule has 0 aliphatic heterocycles. The molecule has 0 fully saturated rings. The van der Waals surface area contributed by atoms with Crippen molar-refractivity contribution in [2.75, 3.05) is 27.3 Å². The molecule has 1 N–H and O–H groups in total. The number of likely N-dealkylation sites (N-methyl/N-ethyl adjacent to an activating group) is 1. The average Bonchev–Trinajstić information content (AvgIpc) is 2.34. The normalized spacial score (nSPS) is 12.6. The van der Waals surface area contributed by atoms with E-state index in [0.717, 1.165) is 19.6 Å². The van der Waals surface area contributed by atoms with E-state index in [9.17, 15) is 0 Å². The topological polar surface area (TPSA) is 21.3 Å². The summed E-state index contributed by atoms with van der Waals surface area (Å²) in [7, 11) is 3.78. The van der Waals surface area contributed by atoms with Gasteiger partial charge in [0.25, 0.3) is 0 Å². The third-order valence-corrected chi connectivity index (χ3v) is 3.67. The quantitative estimate of drug-likeness (QED) is 0.741. The number of halogens is 1. The summed E-state index contributed by atoms with van der Waals surface area (Å²) >= 11 is 3.64. The van der Waals surface area contributed by atoms with Crippen LogP contribution in [0.25, 0.3) is 0 Å². The first-order chi connectivity index (χ1) is 8.29. The molecule has 1 rings (SSSR count). The molecule has 0 aromatic heterocycles. The minimum absolute atomic E-state index is 0.576. The average molecular weight is 300 g/mol. The van der Waals surface area contributed by atoms with Gasteiger partial charge in [-0.1, -0.05) is 40.5 Å². The minimum atomic E-state index is 0.576. The Morgan fingerprint density at radius 2 is 2.06 bits per heavy atom. The van der Waals surface area contributed by atoms with Crippen molar-refractivity contribution in [3.8, 4) is 0 Å². The van der Waals surface area contributed by atoms with Gasteiger partial charge in [0.05, 0.1) is 0 Å². The second-order valence-corrected chi connectivity index (χ2v) is 5.12. The number of hydrogen-bond acceptors (Lipinski definition) is 2. The molecule has 1 atom stereocenters. The molecule has 0 radical (unpaired) electrons. The first-order valence-corrected chi connectivity index (χ1v) is 6.96. The summed E-state index contributed by atoms with van der Waals surface area (Å²) in [6.07, 6.45) is 3.55. The molecule has 0 bridgehead atoms. The lowest BCUT2D eigenvalue weighted by atomic mass is 9.93. The molecule has 0 amide bonds. The van der Waals surface area contributed by atoms with Crippen molar-refractivity contribution >= 4 is 15.9 Å². The Kier molecular flexibility index (Phi) is 7.49. The van der Waals surface area contributed by atoms with E-state index in [2.05, 4.69) is 45.5 Å². The highest BCUT2D eigenvalue weighted by Crippen LogP contribution is 2.28. The number of nitrogens with one attached hydrogen (secondary N) is 1. The first-order valence-electron chi connectivity index (χ1n) is 6.17. The molecule has 1 aromatic rings. The summed E-state index contributed by atoms with van der Waals surface area (Å²) < 4.78 is 6.30. The molecule has 1 aromatic carbocycles. The maximum absolute atomic E-state index is 5.09. The summed E-state index contributed by atoms with van der Waals surface area (Å²) in [5, 5.41) is 3.28. The maximum atomic E-state index is 5.09. The monoisotopic (exact) mass is 299 g/mol. The van der Waals surface area contributed by atoms with Crippen LogP contribution in [0.1, 0.15) is 30.7 Å². The Morgan fingerprint density at radius 3 is 2.71 bits per heavy atom. The van der Waals surface area contributed by atoms with Crippen molar-refractivity contribution < 1.29 is 4.74 Å². The Labute approximate surface area is 113 Å². The highest BCUT2D eigenvalue weighted by molar-refractivity contribution is 9.10. The standard InChI is InChI=1S/C14H22BrNO/c1-16-11-12(7-5-6-10-17-2)13-8-3-4-9-14(13)15/h3-4,8-9,12,16H,5-7,10-11H2,1-2H3. The Morgan fingerprint density at radius 1 is 1.29 bits per heavy atom. The van der Waals surface area contributed by atoms with Gasteiger partial charge in [0, 0.05) is 24.7 Å². The smallest absolute Gasteiger partial charge is 0.0462 e. The second-order valence-electron chi connectivity index (χ2n) is 4.26. The van der Waals surface area contributed by atoms with Crippen molar-refractivity contribution in [3.63, 3.8) is 0 Å². The van der Waals surface area contributed by atoms with Crippen LogP contribution in [0.4, 0.5) is 0 Å². The van der Waals surface area contributed by atoms with Crippen molar-refractivity contribution in [3.05, 3.63) is 34.3 Å². The lowest BCUT2D eigenvalue weighted by molar-refractivity contribution is 0.191. The van der Waals surface area contributed by atoms with Crippen molar-refractivity contribution in [1.82, 2.24) is 5.32 Å². The number of hydrogen-bond donors (Lipinski definition) is 1.